The second kappa shape index (κ2) is 15.2. The van der Waals surface area contributed by atoms with Crippen molar-refractivity contribution in [3.05, 3.63) is 216 Å². The van der Waals surface area contributed by atoms with Crippen LogP contribution in [0.1, 0.15) is 31.4 Å². The Morgan fingerprint density at radius 3 is 1.33 bits per heavy atom. The molecule has 0 saturated heterocycles. The van der Waals surface area contributed by atoms with Crippen LogP contribution in [0.4, 0.5) is 0 Å². The summed E-state index contributed by atoms with van der Waals surface area (Å²) >= 11 is 0. The zero-order chi connectivity index (χ0) is 40.9. The van der Waals surface area contributed by atoms with Crippen molar-refractivity contribution in [1.29, 1.82) is 0 Å². The molecule has 0 aliphatic rings. The van der Waals surface area contributed by atoms with Crippen LogP contribution in [0.2, 0.25) is 0 Å². The molecule has 0 nitrogen and oxygen atoms in total. The number of hydrogen-bond donors (Lipinski definition) is 0. The van der Waals surface area contributed by atoms with Gasteiger partial charge in [0.25, 0.3) is 0 Å². The SMILES string of the molecule is C/C=c1/ccc(-c2c3ccccc3c(/C=C/c3ccc4c(-c5ccc6ccccc6c5)c5ccccc5c(-c5ccc6ccccc6c5)c4c3)c3ccccc23)c/c1=C/CC. The van der Waals surface area contributed by atoms with Crippen molar-refractivity contribution in [2.75, 3.05) is 0 Å². The van der Waals surface area contributed by atoms with E-state index in [1.54, 1.807) is 0 Å². The van der Waals surface area contributed by atoms with E-state index in [0.29, 0.717) is 0 Å². The highest BCUT2D eigenvalue weighted by atomic mass is 14.2. The van der Waals surface area contributed by atoms with Crippen LogP contribution in [0, 0.1) is 0 Å². The van der Waals surface area contributed by atoms with E-state index in [4.69, 9.17) is 0 Å². The van der Waals surface area contributed by atoms with E-state index in [2.05, 4.69) is 232 Å². The number of benzene rings is 11. The van der Waals surface area contributed by atoms with Gasteiger partial charge in [0, 0.05) is 0 Å². The van der Waals surface area contributed by atoms with Crippen molar-refractivity contribution < 1.29 is 0 Å². The predicted octanol–water partition coefficient (Wildman–Crippen LogP) is 15.8. The van der Waals surface area contributed by atoms with Crippen molar-refractivity contribution >= 4 is 88.9 Å². The van der Waals surface area contributed by atoms with Gasteiger partial charge in [0.05, 0.1) is 0 Å². The summed E-state index contributed by atoms with van der Waals surface area (Å²) in [6, 6.07) is 72.1. The first kappa shape index (κ1) is 36.5. The molecule has 61 heavy (non-hydrogen) atoms. The van der Waals surface area contributed by atoms with Crippen molar-refractivity contribution in [2.45, 2.75) is 20.3 Å². The lowest BCUT2D eigenvalue weighted by Crippen LogP contribution is -2.23. The molecule has 0 aliphatic heterocycles. The maximum Gasteiger partial charge on any atom is -0.00259 e. The van der Waals surface area contributed by atoms with Crippen LogP contribution >= 0.6 is 0 Å². The summed E-state index contributed by atoms with van der Waals surface area (Å²) in [6.45, 7) is 4.34. The van der Waals surface area contributed by atoms with Crippen LogP contribution < -0.4 is 10.4 Å². The van der Waals surface area contributed by atoms with Gasteiger partial charge in [0.2, 0.25) is 0 Å². The largest absolute Gasteiger partial charge is 0.0798 e. The average Bonchev–Trinajstić information content (AvgIpc) is 3.31. The molecule has 11 aromatic carbocycles. The molecule has 288 valence electrons. The maximum absolute atomic E-state index is 2.42. The number of hydrogen-bond acceptors (Lipinski definition) is 0. The van der Waals surface area contributed by atoms with E-state index in [1.165, 1.54) is 114 Å². The Labute approximate surface area is 356 Å². The fourth-order valence-electron chi connectivity index (χ4n) is 9.83. The number of fused-ring (bicyclic) bond motifs is 6. The molecule has 0 spiro atoms. The van der Waals surface area contributed by atoms with E-state index >= 15 is 0 Å². The van der Waals surface area contributed by atoms with Gasteiger partial charge in [-0.05, 0) is 157 Å². The molecule has 0 fully saturated rings. The van der Waals surface area contributed by atoms with Gasteiger partial charge < -0.3 is 0 Å². The van der Waals surface area contributed by atoms with Gasteiger partial charge in [-0.15, -0.1) is 0 Å². The van der Waals surface area contributed by atoms with Gasteiger partial charge >= 0.3 is 0 Å². The first-order valence-electron chi connectivity index (χ1n) is 21.5. The molecule has 0 unspecified atom stereocenters. The zero-order valence-corrected chi connectivity index (χ0v) is 34.5. The van der Waals surface area contributed by atoms with E-state index in [9.17, 15) is 0 Å². The summed E-state index contributed by atoms with van der Waals surface area (Å²) in [5.41, 5.74) is 9.93. The third-order valence-corrected chi connectivity index (χ3v) is 12.7. The first-order chi connectivity index (χ1) is 30.2. The topological polar surface area (TPSA) is 0 Å². The lowest BCUT2D eigenvalue weighted by atomic mass is 9.84. The summed E-state index contributed by atoms with van der Waals surface area (Å²) < 4.78 is 0. The fourth-order valence-corrected chi connectivity index (χ4v) is 9.83. The average molecular weight is 777 g/mol. The Morgan fingerprint density at radius 2 is 0.787 bits per heavy atom. The molecule has 0 bridgehead atoms. The molecule has 0 heteroatoms. The lowest BCUT2D eigenvalue weighted by molar-refractivity contribution is 1.28. The highest BCUT2D eigenvalue weighted by molar-refractivity contribution is 6.23. The van der Waals surface area contributed by atoms with Crippen molar-refractivity contribution in [2.24, 2.45) is 0 Å². The smallest absolute Gasteiger partial charge is 0.00259 e. The van der Waals surface area contributed by atoms with Crippen molar-refractivity contribution in [3.8, 4) is 33.4 Å². The molecule has 0 aliphatic carbocycles. The highest BCUT2D eigenvalue weighted by Gasteiger charge is 2.19. The Bertz CT molecular complexity index is 3640. The quantitative estimate of drug-likeness (QED) is 0.117. The van der Waals surface area contributed by atoms with Crippen LogP contribution in [0.25, 0.3) is 122 Å². The van der Waals surface area contributed by atoms with Crippen LogP contribution in [-0.2, 0) is 0 Å². The summed E-state index contributed by atoms with van der Waals surface area (Å²) in [4.78, 5) is 0. The molecule has 0 N–H and O–H groups in total. The van der Waals surface area contributed by atoms with Gasteiger partial charge in [-0.25, -0.2) is 0 Å². The fraction of sp³-hybridized carbons (Fsp3) is 0.0492. The Hall–Kier alpha value is -7.54. The van der Waals surface area contributed by atoms with E-state index < -0.39 is 0 Å². The Balaban J connectivity index is 1.15. The number of rotatable bonds is 6. The van der Waals surface area contributed by atoms with Gasteiger partial charge in [-0.3, -0.25) is 0 Å². The Kier molecular flexibility index (Phi) is 9.13. The van der Waals surface area contributed by atoms with Gasteiger partial charge in [0.15, 0.2) is 0 Å². The van der Waals surface area contributed by atoms with Crippen molar-refractivity contribution in [3.63, 3.8) is 0 Å². The van der Waals surface area contributed by atoms with Crippen molar-refractivity contribution in [1.82, 2.24) is 0 Å². The zero-order valence-electron chi connectivity index (χ0n) is 34.5. The van der Waals surface area contributed by atoms with E-state index in [1.807, 2.05) is 0 Å². The van der Waals surface area contributed by atoms with Crippen LogP contribution in [0.15, 0.2) is 194 Å². The summed E-state index contributed by atoms with van der Waals surface area (Å²) in [5.74, 6) is 0. The molecule has 0 aromatic heterocycles. The minimum absolute atomic E-state index is 0.995. The van der Waals surface area contributed by atoms with E-state index in [-0.39, 0.29) is 0 Å². The summed E-state index contributed by atoms with van der Waals surface area (Å²) in [7, 11) is 0. The standard InChI is InChI=1S/C61H44/c1-3-15-44-37-47(31-28-41(44)4-2)59-53-22-11-9-20-50(53)52(51-21-10-12-23-54(51)59)34-26-40-27-35-57-58(36-40)61(49-33-30-43-17-6-8-19-46(43)39-49)56-25-14-13-24-55(56)60(57)48-32-29-42-16-5-7-18-45(42)38-48/h4-39H,3H2,1-2H3/b34-26+,41-4-,44-15-. The maximum atomic E-state index is 2.42. The van der Waals surface area contributed by atoms with Gasteiger partial charge in [-0.2, -0.15) is 0 Å². The van der Waals surface area contributed by atoms with Gasteiger partial charge in [0.1, 0.15) is 0 Å². The summed E-state index contributed by atoms with van der Waals surface area (Å²) in [6.07, 6.45) is 10.2. The second-order valence-electron chi connectivity index (χ2n) is 16.2. The first-order valence-corrected chi connectivity index (χ1v) is 21.5. The van der Waals surface area contributed by atoms with Crippen LogP contribution in [0.3, 0.4) is 0 Å². The van der Waals surface area contributed by atoms with Crippen LogP contribution in [0.5, 0.6) is 0 Å². The molecule has 11 rings (SSSR count). The molecule has 0 saturated carbocycles. The monoisotopic (exact) mass is 776 g/mol. The third-order valence-electron chi connectivity index (χ3n) is 12.7. The Morgan fingerprint density at radius 1 is 0.344 bits per heavy atom. The second-order valence-corrected chi connectivity index (χ2v) is 16.2. The minimum atomic E-state index is 0.995. The molecule has 0 heterocycles. The molecule has 0 atom stereocenters. The molecule has 11 aromatic rings. The molecular weight excluding hydrogens is 733 g/mol. The highest BCUT2D eigenvalue weighted by Crippen LogP contribution is 2.45. The third kappa shape index (κ3) is 6.31. The van der Waals surface area contributed by atoms with Gasteiger partial charge in [-0.1, -0.05) is 201 Å². The minimum Gasteiger partial charge on any atom is -0.0798 e. The lowest BCUT2D eigenvalue weighted by Gasteiger charge is -2.19. The van der Waals surface area contributed by atoms with Crippen LogP contribution in [-0.4, -0.2) is 0 Å². The predicted molar refractivity (Wildman–Crippen MR) is 267 cm³/mol. The molecule has 0 amide bonds. The normalized spacial score (nSPS) is 12.6. The summed E-state index contributed by atoms with van der Waals surface area (Å²) in [5, 5.41) is 17.6. The molecule has 0 radical (unpaired) electrons. The molecular formula is C61H44. The van der Waals surface area contributed by atoms with E-state index in [0.717, 1.165) is 12.0 Å².